The highest BCUT2D eigenvalue weighted by Crippen LogP contribution is 2.21. The monoisotopic (exact) mass is 169 g/mol. The Balaban J connectivity index is 2.79. The molecule has 0 bridgehead atoms. The lowest BCUT2D eigenvalue weighted by molar-refractivity contribution is 0.267. The maximum absolute atomic E-state index is 8.67. The molecule has 3 nitrogen and oxygen atoms in total. The summed E-state index contributed by atoms with van der Waals surface area (Å²) in [6.45, 7) is 3.95. The van der Waals surface area contributed by atoms with Crippen molar-refractivity contribution in [1.29, 1.82) is 0 Å². The smallest absolute Gasteiger partial charge is 0.123 e. The zero-order valence-electron chi connectivity index (χ0n) is 7.50. The van der Waals surface area contributed by atoms with Gasteiger partial charge in [0.15, 0.2) is 0 Å². The molecule has 0 amide bonds. The highest BCUT2D eigenvalue weighted by Gasteiger charge is 2.12. The first-order valence-corrected chi connectivity index (χ1v) is 4.08. The highest BCUT2D eigenvalue weighted by molar-refractivity contribution is 5.21. The van der Waals surface area contributed by atoms with E-state index in [0.29, 0.717) is 6.42 Å². The number of aryl methyl sites for hydroxylation is 2. The molecular formula is C9H15NO2. The Morgan fingerprint density at radius 2 is 2.25 bits per heavy atom. The predicted molar refractivity (Wildman–Crippen MR) is 46.8 cm³/mol. The highest BCUT2D eigenvalue weighted by atomic mass is 16.3. The van der Waals surface area contributed by atoms with Crippen LogP contribution in [-0.4, -0.2) is 11.7 Å². The molecule has 0 saturated carbocycles. The molecule has 0 fully saturated rings. The van der Waals surface area contributed by atoms with E-state index in [1.54, 1.807) is 0 Å². The van der Waals surface area contributed by atoms with Crippen LogP contribution in [0.15, 0.2) is 10.5 Å². The van der Waals surface area contributed by atoms with Crippen molar-refractivity contribution in [2.45, 2.75) is 26.3 Å². The molecule has 68 valence electrons. The fraction of sp³-hybridized carbons (Fsp3) is 0.556. The Morgan fingerprint density at radius 1 is 1.58 bits per heavy atom. The van der Waals surface area contributed by atoms with Crippen molar-refractivity contribution in [3.63, 3.8) is 0 Å². The molecule has 1 rings (SSSR count). The van der Waals surface area contributed by atoms with Gasteiger partial charge in [-0.3, -0.25) is 0 Å². The molecule has 3 N–H and O–H groups in total. The largest absolute Gasteiger partial charge is 0.464 e. The third-order valence-corrected chi connectivity index (χ3v) is 1.86. The molecule has 1 aromatic rings. The molecule has 3 heteroatoms. The molecule has 0 aliphatic carbocycles. The van der Waals surface area contributed by atoms with E-state index < -0.39 is 0 Å². The van der Waals surface area contributed by atoms with E-state index in [2.05, 4.69) is 0 Å². The van der Waals surface area contributed by atoms with Crippen LogP contribution in [0.2, 0.25) is 0 Å². The zero-order chi connectivity index (χ0) is 9.14. The summed E-state index contributed by atoms with van der Waals surface area (Å²) >= 11 is 0. The van der Waals surface area contributed by atoms with Gasteiger partial charge in [-0.05, 0) is 31.9 Å². The summed E-state index contributed by atoms with van der Waals surface area (Å²) in [6.07, 6.45) is 0.549. The van der Waals surface area contributed by atoms with E-state index in [4.69, 9.17) is 15.3 Å². The van der Waals surface area contributed by atoms with Crippen molar-refractivity contribution >= 4 is 0 Å². The van der Waals surface area contributed by atoms with Gasteiger partial charge in [0, 0.05) is 6.61 Å². The number of hydrogen-bond acceptors (Lipinski definition) is 3. The summed E-state index contributed by atoms with van der Waals surface area (Å²) in [4.78, 5) is 0. The van der Waals surface area contributed by atoms with Gasteiger partial charge in [-0.25, -0.2) is 0 Å². The van der Waals surface area contributed by atoms with E-state index in [9.17, 15) is 0 Å². The SMILES string of the molecule is Cc1cc(C)c(C(N)CCO)o1. The van der Waals surface area contributed by atoms with E-state index in [1.807, 2.05) is 19.9 Å². The summed E-state index contributed by atoms with van der Waals surface area (Å²) < 4.78 is 5.39. The molecule has 0 aliphatic heterocycles. The second-order valence-electron chi connectivity index (χ2n) is 3.02. The predicted octanol–water partition coefficient (Wildman–Crippen LogP) is 1.28. The van der Waals surface area contributed by atoms with Crippen LogP contribution < -0.4 is 5.73 Å². The molecule has 0 aliphatic rings. The van der Waals surface area contributed by atoms with Crippen LogP contribution in [0.3, 0.4) is 0 Å². The Kier molecular flexibility index (Phi) is 2.89. The Hall–Kier alpha value is -0.800. The first kappa shape index (κ1) is 9.29. The van der Waals surface area contributed by atoms with Gasteiger partial charge in [-0.15, -0.1) is 0 Å². The molecule has 0 saturated heterocycles. The Labute approximate surface area is 72.2 Å². The summed E-state index contributed by atoms with van der Waals surface area (Å²) in [5.41, 5.74) is 6.83. The maximum atomic E-state index is 8.67. The summed E-state index contributed by atoms with van der Waals surface area (Å²) in [5, 5.41) is 8.67. The number of furan rings is 1. The number of aliphatic hydroxyl groups excluding tert-OH is 1. The third kappa shape index (κ3) is 1.87. The van der Waals surface area contributed by atoms with Gasteiger partial charge in [0.1, 0.15) is 11.5 Å². The molecule has 1 atom stereocenters. The topological polar surface area (TPSA) is 59.4 Å². The van der Waals surface area contributed by atoms with Crippen molar-refractivity contribution in [3.8, 4) is 0 Å². The maximum Gasteiger partial charge on any atom is 0.123 e. The molecule has 1 unspecified atom stereocenters. The van der Waals surface area contributed by atoms with Crippen LogP contribution in [0.25, 0.3) is 0 Å². The average molecular weight is 169 g/mol. The quantitative estimate of drug-likeness (QED) is 0.716. The van der Waals surface area contributed by atoms with Crippen LogP contribution in [-0.2, 0) is 0 Å². The fourth-order valence-corrected chi connectivity index (χ4v) is 1.30. The molecule has 0 spiro atoms. The van der Waals surface area contributed by atoms with Crippen LogP contribution in [0.1, 0.15) is 29.5 Å². The minimum atomic E-state index is -0.177. The number of aliphatic hydroxyl groups is 1. The van der Waals surface area contributed by atoms with Gasteiger partial charge in [-0.1, -0.05) is 0 Å². The average Bonchev–Trinajstić information content (AvgIpc) is 2.30. The van der Waals surface area contributed by atoms with Crippen LogP contribution >= 0.6 is 0 Å². The second-order valence-corrected chi connectivity index (χ2v) is 3.02. The van der Waals surface area contributed by atoms with Crippen molar-refractivity contribution in [3.05, 3.63) is 23.2 Å². The van der Waals surface area contributed by atoms with Gasteiger partial charge >= 0.3 is 0 Å². The first-order valence-electron chi connectivity index (χ1n) is 4.08. The summed E-state index contributed by atoms with van der Waals surface area (Å²) in [6, 6.07) is 1.77. The summed E-state index contributed by atoms with van der Waals surface area (Å²) in [7, 11) is 0. The normalized spacial score (nSPS) is 13.3. The lowest BCUT2D eigenvalue weighted by Gasteiger charge is -2.06. The standard InChI is InChI=1S/C9H15NO2/c1-6-5-7(2)12-9(6)8(10)3-4-11/h5,8,11H,3-4,10H2,1-2H3. The van der Waals surface area contributed by atoms with E-state index >= 15 is 0 Å². The van der Waals surface area contributed by atoms with Gasteiger partial charge in [0.2, 0.25) is 0 Å². The van der Waals surface area contributed by atoms with Gasteiger partial charge in [0.05, 0.1) is 6.04 Å². The molecular weight excluding hydrogens is 154 g/mol. The number of nitrogens with two attached hydrogens (primary N) is 1. The van der Waals surface area contributed by atoms with Crippen LogP contribution in [0.5, 0.6) is 0 Å². The molecule has 0 aromatic carbocycles. The fourth-order valence-electron chi connectivity index (χ4n) is 1.30. The lowest BCUT2D eigenvalue weighted by Crippen LogP contribution is -2.11. The minimum absolute atomic E-state index is 0.0976. The zero-order valence-corrected chi connectivity index (χ0v) is 7.50. The summed E-state index contributed by atoms with van der Waals surface area (Å²) in [5.74, 6) is 1.66. The molecule has 1 aromatic heterocycles. The molecule has 0 radical (unpaired) electrons. The van der Waals surface area contributed by atoms with Crippen LogP contribution in [0.4, 0.5) is 0 Å². The van der Waals surface area contributed by atoms with E-state index in [-0.39, 0.29) is 12.6 Å². The van der Waals surface area contributed by atoms with Gasteiger partial charge in [-0.2, -0.15) is 0 Å². The lowest BCUT2D eigenvalue weighted by atomic mass is 10.1. The Bertz CT molecular complexity index is 255. The van der Waals surface area contributed by atoms with Crippen molar-refractivity contribution < 1.29 is 9.52 Å². The second kappa shape index (κ2) is 3.74. The molecule has 1 heterocycles. The first-order chi connectivity index (χ1) is 5.65. The minimum Gasteiger partial charge on any atom is -0.464 e. The van der Waals surface area contributed by atoms with Crippen molar-refractivity contribution in [2.75, 3.05) is 6.61 Å². The van der Waals surface area contributed by atoms with Gasteiger partial charge in [0.25, 0.3) is 0 Å². The van der Waals surface area contributed by atoms with E-state index in [0.717, 1.165) is 17.1 Å². The molecule has 12 heavy (non-hydrogen) atoms. The number of hydrogen-bond donors (Lipinski definition) is 2. The van der Waals surface area contributed by atoms with Crippen molar-refractivity contribution in [2.24, 2.45) is 5.73 Å². The van der Waals surface area contributed by atoms with Crippen molar-refractivity contribution in [1.82, 2.24) is 0 Å². The van der Waals surface area contributed by atoms with Crippen LogP contribution in [0, 0.1) is 13.8 Å². The number of rotatable bonds is 3. The van der Waals surface area contributed by atoms with E-state index in [1.165, 1.54) is 0 Å². The Morgan fingerprint density at radius 3 is 2.67 bits per heavy atom. The van der Waals surface area contributed by atoms with Gasteiger partial charge < -0.3 is 15.3 Å². The third-order valence-electron chi connectivity index (χ3n) is 1.86.